The number of rotatable bonds is 2. The summed E-state index contributed by atoms with van der Waals surface area (Å²) in [5.74, 6) is 0.775. The van der Waals surface area contributed by atoms with Gasteiger partial charge in [-0.1, -0.05) is 30.4 Å². The number of hydrogen-bond donors (Lipinski definition) is 1. The van der Waals surface area contributed by atoms with Gasteiger partial charge < -0.3 is 14.4 Å². The second-order valence-electron chi connectivity index (χ2n) is 6.90. The zero-order valence-electron chi connectivity index (χ0n) is 15.5. The molecule has 0 unspecified atom stereocenters. The van der Waals surface area contributed by atoms with Crippen LogP contribution in [0.25, 0.3) is 0 Å². The molecular formula is C19H26N2O5S. The Morgan fingerprint density at radius 3 is 2.81 bits per heavy atom. The molecule has 1 aromatic carbocycles. The maximum Gasteiger partial charge on any atom is 0.410 e. The van der Waals surface area contributed by atoms with Gasteiger partial charge in [-0.25, -0.2) is 17.9 Å². The molecule has 0 saturated carbocycles. The molecular weight excluding hydrogens is 368 g/mol. The third-order valence-corrected chi connectivity index (χ3v) is 5.52. The van der Waals surface area contributed by atoms with E-state index < -0.39 is 16.1 Å². The lowest BCUT2D eigenvalue weighted by molar-refractivity contribution is 0.105. The van der Waals surface area contributed by atoms with E-state index >= 15 is 0 Å². The van der Waals surface area contributed by atoms with Crippen LogP contribution in [0.15, 0.2) is 36.4 Å². The SMILES string of the molecule is CS(=O)(=O)N[C@H]1CCN2C(=O)OC/C=C/CCCOc3ccccc3C[C@@H]12. The third-order valence-electron chi connectivity index (χ3n) is 4.79. The summed E-state index contributed by atoms with van der Waals surface area (Å²) < 4.78 is 37.5. The van der Waals surface area contributed by atoms with E-state index in [9.17, 15) is 13.2 Å². The zero-order valence-corrected chi connectivity index (χ0v) is 16.3. The number of hydrogen-bond acceptors (Lipinski definition) is 5. The molecule has 0 aromatic heterocycles. The Kier molecular flexibility index (Phi) is 6.38. The average molecular weight is 394 g/mol. The van der Waals surface area contributed by atoms with Gasteiger partial charge in [-0.2, -0.15) is 0 Å². The summed E-state index contributed by atoms with van der Waals surface area (Å²) in [5.41, 5.74) is 0.954. The van der Waals surface area contributed by atoms with Gasteiger partial charge >= 0.3 is 6.09 Å². The van der Waals surface area contributed by atoms with Crippen molar-refractivity contribution in [3.05, 3.63) is 42.0 Å². The van der Waals surface area contributed by atoms with E-state index in [0.717, 1.165) is 30.4 Å². The molecule has 3 rings (SSSR count). The first-order valence-corrected chi connectivity index (χ1v) is 11.1. The van der Waals surface area contributed by atoms with Gasteiger partial charge in [0, 0.05) is 12.6 Å². The number of para-hydroxylation sites is 1. The highest BCUT2D eigenvalue weighted by Crippen LogP contribution is 2.28. The van der Waals surface area contributed by atoms with Gasteiger partial charge in [0.2, 0.25) is 10.0 Å². The topological polar surface area (TPSA) is 84.9 Å². The number of ether oxygens (including phenoxy) is 2. The highest BCUT2D eigenvalue weighted by molar-refractivity contribution is 7.88. The van der Waals surface area contributed by atoms with E-state index in [1.54, 1.807) is 4.90 Å². The first-order chi connectivity index (χ1) is 12.9. The molecule has 8 heteroatoms. The van der Waals surface area contributed by atoms with Gasteiger partial charge in [0.15, 0.2) is 0 Å². The second kappa shape index (κ2) is 8.75. The Bertz CT molecular complexity index is 793. The summed E-state index contributed by atoms with van der Waals surface area (Å²) in [4.78, 5) is 14.2. The number of carbonyl (C=O) groups excluding carboxylic acids is 1. The van der Waals surface area contributed by atoms with E-state index in [4.69, 9.17) is 9.47 Å². The summed E-state index contributed by atoms with van der Waals surface area (Å²) in [6.45, 7) is 1.26. The van der Waals surface area contributed by atoms with Crippen LogP contribution in [-0.4, -0.2) is 57.5 Å². The predicted octanol–water partition coefficient (Wildman–Crippen LogP) is 2.09. The number of nitrogens with one attached hydrogen (secondary N) is 1. The van der Waals surface area contributed by atoms with Crippen molar-refractivity contribution in [1.82, 2.24) is 9.62 Å². The molecule has 1 N–H and O–H groups in total. The average Bonchev–Trinajstić information content (AvgIpc) is 2.98. The van der Waals surface area contributed by atoms with Gasteiger partial charge in [0.1, 0.15) is 12.4 Å². The van der Waals surface area contributed by atoms with Crippen molar-refractivity contribution >= 4 is 16.1 Å². The summed E-state index contributed by atoms with van der Waals surface area (Å²) >= 11 is 0. The minimum Gasteiger partial charge on any atom is -0.493 e. The van der Waals surface area contributed by atoms with E-state index in [0.29, 0.717) is 26.0 Å². The van der Waals surface area contributed by atoms with Crippen LogP contribution in [-0.2, 0) is 21.2 Å². The van der Waals surface area contributed by atoms with E-state index in [-0.39, 0.29) is 18.7 Å². The van der Waals surface area contributed by atoms with E-state index in [2.05, 4.69) is 4.72 Å². The third kappa shape index (κ3) is 5.46. The molecule has 7 nitrogen and oxygen atoms in total. The number of sulfonamides is 1. The lowest BCUT2D eigenvalue weighted by atomic mass is 10.00. The number of amides is 1. The molecule has 2 aliphatic heterocycles. The zero-order chi connectivity index (χ0) is 19.3. The van der Waals surface area contributed by atoms with Crippen LogP contribution in [0.4, 0.5) is 4.79 Å². The fourth-order valence-electron chi connectivity index (χ4n) is 3.56. The van der Waals surface area contributed by atoms with Crippen molar-refractivity contribution in [2.24, 2.45) is 0 Å². The maximum absolute atomic E-state index is 12.6. The van der Waals surface area contributed by atoms with Crippen LogP contribution in [0.3, 0.4) is 0 Å². The minimum atomic E-state index is -3.39. The number of fused-ring (bicyclic) bond motifs is 2. The molecule has 0 bridgehead atoms. The van der Waals surface area contributed by atoms with Crippen LogP contribution in [0.5, 0.6) is 5.75 Å². The molecule has 2 aliphatic rings. The molecule has 1 saturated heterocycles. The molecule has 2 atom stereocenters. The van der Waals surface area contributed by atoms with E-state index in [1.165, 1.54) is 0 Å². The fraction of sp³-hybridized carbons (Fsp3) is 0.526. The van der Waals surface area contributed by atoms with Gasteiger partial charge in [-0.15, -0.1) is 0 Å². The first-order valence-electron chi connectivity index (χ1n) is 9.20. The van der Waals surface area contributed by atoms with Crippen LogP contribution in [0, 0.1) is 0 Å². The van der Waals surface area contributed by atoms with Crippen molar-refractivity contribution in [2.45, 2.75) is 37.8 Å². The smallest absolute Gasteiger partial charge is 0.410 e. The standard InChI is InChI=1S/C19H26N2O5S/c1-27(23,24)20-16-10-11-21-17(16)14-15-8-4-5-9-18(15)25-12-6-2-3-7-13-26-19(21)22/h3-5,7-9,16-17,20H,2,6,10-14H2,1H3/b7-3+/t16-,17-/m0/s1. The molecule has 1 aromatic rings. The Hall–Kier alpha value is -2.06. The van der Waals surface area contributed by atoms with Gasteiger partial charge in [-0.05, 0) is 37.3 Å². The van der Waals surface area contributed by atoms with Crippen molar-refractivity contribution in [3.8, 4) is 5.75 Å². The van der Waals surface area contributed by atoms with Crippen LogP contribution in [0.2, 0.25) is 0 Å². The minimum absolute atomic E-state index is 0.212. The summed E-state index contributed by atoms with van der Waals surface area (Å²) in [6, 6.07) is 7.01. The summed E-state index contributed by atoms with van der Waals surface area (Å²) in [5, 5.41) is 0. The van der Waals surface area contributed by atoms with Crippen molar-refractivity contribution in [2.75, 3.05) is 26.0 Å². The highest BCUT2D eigenvalue weighted by Gasteiger charge is 2.39. The summed E-state index contributed by atoms with van der Waals surface area (Å²) in [7, 11) is -3.39. The Morgan fingerprint density at radius 1 is 1.19 bits per heavy atom. The first kappa shape index (κ1) is 19.7. The second-order valence-corrected chi connectivity index (χ2v) is 8.68. The number of cyclic esters (lactones) is 1. The van der Waals surface area contributed by atoms with Crippen LogP contribution < -0.4 is 9.46 Å². The van der Waals surface area contributed by atoms with Gasteiger partial charge in [0.05, 0.1) is 18.9 Å². The molecule has 0 spiro atoms. The molecule has 2 heterocycles. The molecule has 27 heavy (non-hydrogen) atoms. The molecule has 0 radical (unpaired) electrons. The molecule has 1 fully saturated rings. The van der Waals surface area contributed by atoms with Gasteiger partial charge in [-0.3, -0.25) is 0 Å². The molecule has 0 aliphatic carbocycles. The number of benzene rings is 1. The fourth-order valence-corrected chi connectivity index (χ4v) is 4.38. The largest absolute Gasteiger partial charge is 0.493 e. The van der Waals surface area contributed by atoms with E-state index in [1.807, 2.05) is 36.4 Å². The lowest BCUT2D eigenvalue weighted by Gasteiger charge is -2.28. The van der Waals surface area contributed by atoms with Crippen molar-refractivity contribution < 1.29 is 22.7 Å². The maximum atomic E-state index is 12.6. The number of allylic oxidation sites excluding steroid dienone is 1. The van der Waals surface area contributed by atoms with Gasteiger partial charge in [0.25, 0.3) is 0 Å². The lowest BCUT2D eigenvalue weighted by Crippen LogP contribution is -2.47. The van der Waals surface area contributed by atoms with Crippen molar-refractivity contribution in [1.29, 1.82) is 0 Å². The predicted molar refractivity (Wildman–Crippen MR) is 102 cm³/mol. The van der Waals surface area contributed by atoms with Crippen LogP contribution in [0.1, 0.15) is 24.8 Å². The molecule has 148 valence electrons. The Labute approximate surface area is 160 Å². The monoisotopic (exact) mass is 394 g/mol. The highest BCUT2D eigenvalue weighted by atomic mass is 32.2. The normalized spacial score (nSPS) is 25.5. The summed E-state index contributed by atoms with van der Waals surface area (Å²) in [6.07, 6.45) is 7.29. The number of nitrogens with zero attached hydrogens (tertiary/aromatic N) is 1. The molecule has 1 amide bonds. The van der Waals surface area contributed by atoms with Crippen LogP contribution >= 0.6 is 0 Å². The Balaban J connectivity index is 1.89. The quantitative estimate of drug-likeness (QED) is 0.777. The Morgan fingerprint density at radius 2 is 2.00 bits per heavy atom. The van der Waals surface area contributed by atoms with Crippen molar-refractivity contribution in [3.63, 3.8) is 0 Å². The number of carbonyl (C=O) groups is 1.